The molecule has 642 valence electrons. The molecule has 4 aliphatic heterocycles. The van der Waals surface area contributed by atoms with E-state index in [-0.39, 0.29) is 117 Å². The van der Waals surface area contributed by atoms with Gasteiger partial charge in [0.25, 0.3) is 29.5 Å². The molecule has 40 heteroatoms. The number of nitrogens with zero attached hydrogens (tertiary/aromatic N) is 15. The van der Waals surface area contributed by atoms with Gasteiger partial charge in [-0.15, -0.1) is 21.5 Å². The second kappa shape index (κ2) is 43.9. The Bertz CT molecular complexity index is 4720. The van der Waals surface area contributed by atoms with Gasteiger partial charge >= 0.3 is 0 Å². The van der Waals surface area contributed by atoms with Crippen LogP contribution in [0.2, 0.25) is 5.02 Å². The Balaban J connectivity index is 0.443. The molecule has 1 aromatic carbocycles. The molecule has 7 aromatic rings. The number of piperazine rings is 1. The number of benzene rings is 1. The lowest BCUT2D eigenvalue weighted by atomic mass is 9.95. The lowest BCUT2D eigenvalue weighted by molar-refractivity contribution is -0.133. The van der Waals surface area contributed by atoms with E-state index in [9.17, 15) is 43.2 Å². The van der Waals surface area contributed by atoms with Crippen molar-refractivity contribution in [3.63, 3.8) is 0 Å². The zero-order valence-electron chi connectivity index (χ0n) is 68.6. The van der Waals surface area contributed by atoms with Crippen LogP contribution in [-0.4, -0.2) is 304 Å². The summed E-state index contributed by atoms with van der Waals surface area (Å²) in [6.07, 6.45) is 11.2. The number of carbonyl (C=O) groups is 9. The summed E-state index contributed by atoms with van der Waals surface area (Å²) in [7, 11) is 8.16. The van der Waals surface area contributed by atoms with Crippen LogP contribution in [0.15, 0.2) is 78.1 Å². The van der Waals surface area contributed by atoms with Gasteiger partial charge < -0.3 is 104 Å². The van der Waals surface area contributed by atoms with Gasteiger partial charge in [-0.25, -0.2) is 15.0 Å². The van der Waals surface area contributed by atoms with Crippen LogP contribution in [0.25, 0.3) is 5.00 Å². The summed E-state index contributed by atoms with van der Waals surface area (Å²) in [6.45, 7) is 19.3. The van der Waals surface area contributed by atoms with Gasteiger partial charge in [0.15, 0.2) is 23.3 Å². The molecule has 1 unspecified atom stereocenters. The number of piperidine rings is 1. The topological polar surface area (TPSA) is 420 Å². The quantitative estimate of drug-likeness (QED) is 0.0254. The number of nitrogens with one attached hydrogen (secondary N) is 8. The number of likely N-dealkylation sites (N-methyl/N-ethyl adjacent to an activating group) is 1. The van der Waals surface area contributed by atoms with Crippen molar-refractivity contribution < 1.29 is 71.6 Å². The van der Waals surface area contributed by atoms with E-state index in [1.807, 2.05) is 36.1 Å². The largest absolute Gasteiger partial charge is 0.378 e. The lowest BCUT2D eigenvalue weighted by Crippen LogP contribution is -2.49. The van der Waals surface area contributed by atoms with Crippen LogP contribution in [0.3, 0.4) is 0 Å². The third-order valence-corrected chi connectivity index (χ3v) is 22.0. The maximum atomic E-state index is 14.1. The summed E-state index contributed by atoms with van der Waals surface area (Å²) < 4.78 is 42.0. The van der Waals surface area contributed by atoms with Crippen LogP contribution in [-0.2, 0) is 80.6 Å². The minimum atomic E-state index is -0.588. The monoisotopic (exact) mass is 1690 g/mol. The number of hydrogen-bond donors (Lipinski definition) is 8. The van der Waals surface area contributed by atoms with Crippen molar-refractivity contribution in [3.05, 3.63) is 134 Å². The molecule has 0 saturated carbocycles. The van der Waals surface area contributed by atoms with Gasteiger partial charge in [0.05, 0.1) is 103 Å². The Labute approximate surface area is 698 Å². The first kappa shape index (κ1) is 89.2. The number of aryl methyl sites for hydroxylation is 6. The van der Waals surface area contributed by atoms with Gasteiger partial charge in [-0.2, -0.15) is 0 Å². The van der Waals surface area contributed by atoms with Crippen molar-refractivity contribution in [2.45, 2.75) is 71.4 Å². The predicted octanol–water partition coefficient (Wildman–Crippen LogP) is 2.70. The molecular formula is C79H108ClN23O15S. The zero-order chi connectivity index (χ0) is 84.5. The number of anilines is 3. The molecule has 2 atom stereocenters. The molecule has 0 spiro atoms. The second-order valence-corrected chi connectivity index (χ2v) is 31.0. The third kappa shape index (κ3) is 25.5. The molecule has 2 fully saturated rings. The molecule has 4 aliphatic rings. The highest BCUT2D eigenvalue weighted by molar-refractivity contribution is 7.15. The van der Waals surface area contributed by atoms with E-state index in [0.29, 0.717) is 95.1 Å². The minimum Gasteiger partial charge on any atom is -0.378 e. The van der Waals surface area contributed by atoms with Gasteiger partial charge in [-0.1, -0.05) is 23.7 Å². The predicted molar refractivity (Wildman–Crippen MR) is 442 cm³/mol. The van der Waals surface area contributed by atoms with Crippen molar-refractivity contribution in [1.29, 1.82) is 0 Å². The van der Waals surface area contributed by atoms with Gasteiger partial charge in [0.1, 0.15) is 28.3 Å². The number of imidazole rings is 3. The van der Waals surface area contributed by atoms with Crippen molar-refractivity contribution in [2.75, 3.05) is 187 Å². The van der Waals surface area contributed by atoms with E-state index in [0.717, 1.165) is 98.4 Å². The average Bonchev–Trinajstić information content (AvgIpc) is 1.59. The minimum absolute atomic E-state index is 0.000937. The van der Waals surface area contributed by atoms with E-state index in [2.05, 4.69) is 95.9 Å². The molecule has 0 aliphatic carbocycles. The number of ether oxygens (including phenoxy) is 6. The highest BCUT2D eigenvalue weighted by atomic mass is 35.5. The van der Waals surface area contributed by atoms with Crippen molar-refractivity contribution in [1.82, 2.24) is 94.2 Å². The molecule has 11 rings (SSSR count). The van der Waals surface area contributed by atoms with Crippen LogP contribution >= 0.6 is 22.9 Å². The molecule has 6 aromatic heterocycles. The number of thiophene rings is 1. The highest BCUT2D eigenvalue weighted by Gasteiger charge is 2.36. The average molecular weight is 1690 g/mol. The standard InChI is InChI=1S/C79H108ClN23O15S/c1-51-52(2)119-79-68(51)69(55-9-11-56(80)12-10-55)88-59(70-94-93-53(3)103(70)79)45-67(107)102-23-16-54(17-24-102)46-101-28-26-100(27-29-101)30-32-114-34-36-116-38-40-118-42-41-117-39-37-115-35-33-113-31-22-81-64(104)13-18-85-76(110)72-91-62(49-98(72)7)89-65(105)14-19-84-75(109)61-44-58(48-97(61)6)87-78(112)73-92-63(50-99(73)8)90-66(106)15-20-83-74(108)60-43-57(47-96(60)5)86-77(111)71-82-21-25-95(71)4/h9-12,21,25,43-44,47,49-50,54,58-59H,13-20,22-24,26-42,45-46,48H2,1-8H3,(H,81,104)(H,83,108)(H,84,109)(H,85,110)(H,86,111)(H,87,112)(H,89,105)(H,90,106)/t58?,59-/m0/s1. The molecule has 38 nitrogen and oxygen atoms in total. The summed E-state index contributed by atoms with van der Waals surface area (Å²) >= 11 is 8.01. The Morgan fingerprint density at radius 3 is 1.73 bits per heavy atom. The first-order valence-electron chi connectivity index (χ1n) is 39.9. The Morgan fingerprint density at radius 2 is 1.13 bits per heavy atom. The number of carbonyl (C=O) groups excluding carboxylic acids is 9. The fourth-order valence-corrected chi connectivity index (χ4v) is 15.4. The first-order valence-corrected chi connectivity index (χ1v) is 41.1. The molecule has 2 saturated heterocycles. The summed E-state index contributed by atoms with van der Waals surface area (Å²) in [4.78, 5) is 145. The molecule has 10 heterocycles. The number of likely N-dealkylation sites (tertiary alicyclic amines) is 1. The maximum Gasteiger partial charge on any atom is 0.291 e. The van der Waals surface area contributed by atoms with E-state index in [1.165, 1.54) is 43.2 Å². The van der Waals surface area contributed by atoms with Crippen LogP contribution in [0.4, 0.5) is 17.3 Å². The molecule has 8 N–H and O–H groups in total. The Morgan fingerprint density at radius 1 is 0.563 bits per heavy atom. The Kier molecular flexibility index (Phi) is 32.9. The summed E-state index contributed by atoms with van der Waals surface area (Å²) in [5.74, 6) is -1.24. The van der Waals surface area contributed by atoms with E-state index in [1.54, 1.807) is 74.5 Å². The highest BCUT2D eigenvalue weighted by Crippen LogP contribution is 2.40. The number of aliphatic imine (C=N–C) groups is 1. The number of amides is 9. The number of rotatable bonds is 44. The Hall–Kier alpha value is -10.6. The van der Waals surface area contributed by atoms with Crippen LogP contribution in [0.5, 0.6) is 0 Å². The summed E-state index contributed by atoms with van der Waals surface area (Å²) in [5.41, 5.74) is 4.92. The zero-order valence-corrected chi connectivity index (χ0v) is 70.2. The number of aromatic nitrogens is 10. The molecule has 0 radical (unpaired) electrons. The van der Waals surface area contributed by atoms with Gasteiger partial charge in [0.2, 0.25) is 35.3 Å². The van der Waals surface area contributed by atoms with Crippen LogP contribution in [0, 0.1) is 26.7 Å². The third-order valence-electron chi connectivity index (χ3n) is 20.6. The van der Waals surface area contributed by atoms with Crippen molar-refractivity contribution in [2.24, 2.45) is 39.1 Å². The SMILES string of the molecule is Cc1sc2c(c1C)C(c1ccc(Cl)cc1)=N[C@@H](CC(=O)N1CCC(CN3CCN(CCOCCOCCOCCOCCOCCOCCNC(=O)CCNC(=O)c4nc(NC(=O)CCNC(=O)C5=CC(NC(=O)c6nc(NC(=O)CCNC(=O)c7cc(NC(=O)c8nccn8C)cn7C)cn6C)CN5C)cn4C)CC3)CC1)c1nnc(C)n1-2. The number of halogens is 1. The molecular weight excluding hydrogens is 1580 g/mol. The lowest BCUT2D eigenvalue weighted by Gasteiger charge is -2.39. The van der Waals surface area contributed by atoms with Crippen molar-refractivity contribution >= 4 is 99.1 Å². The van der Waals surface area contributed by atoms with Gasteiger partial charge in [-0.3, -0.25) is 57.6 Å². The fraction of sp³-hybridized carbons (Fsp3) is 0.532. The van der Waals surface area contributed by atoms with Crippen molar-refractivity contribution in [3.8, 4) is 5.00 Å². The van der Waals surface area contributed by atoms with Crippen LogP contribution in [0.1, 0.15) is 120 Å². The van der Waals surface area contributed by atoms with Gasteiger partial charge in [0, 0.05) is 192 Å². The fourth-order valence-electron chi connectivity index (χ4n) is 14.1. The maximum absolute atomic E-state index is 14.1. The molecule has 9 amide bonds. The molecule has 0 bridgehead atoms. The second-order valence-electron chi connectivity index (χ2n) is 29.4. The van der Waals surface area contributed by atoms with Gasteiger partial charge in [-0.05, 0) is 69.4 Å². The summed E-state index contributed by atoms with van der Waals surface area (Å²) in [5, 5.41) is 32.3. The van der Waals surface area contributed by atoms with E-state index in [4.69, 9.17) is 45.0 Å². The number of fused-ring (bicyclic) bond motifs is 3. The first-order chi connectivity index (χ1) is 57.4. The summed E-state index contributed by atoms with van der Waals surface area (Å²) in [6, 6.07) is 8.20. The normalized spacial score (nSPS) is 15.7. The molecule has 119 heavy (non-hydrogen) atoms. The number of hydrogen-bond acceptors (Lipinski definition) is 25. The van der Waals surface area contributed by atoms with E-state index >= 15 is 0 Å². The smallest absolute Gasteiger partial charge is 0.291 e. The van der Waals surface area contributed by atoms with E-state index < -0.39 is 53.4 Å². The van der Waals surface area contributed by atoms with Crippen LogP contribution < -0.4 is 42.5 Å².